The maximum absolute atomic E-state index is 10.1. The van der Waals surface area contributed by atoms with Crippen molar-refractivity contribution >= 4 is 29.5 Å². The lowest BCUT2D eigenvalue weighted by atomic mass is 9.94. The molecule has 1 aromatic heterocycles. The first-order chi connectivity index (χ1) is 13.3. The number of carbonyl (C=O) groups excluding carboxylic acids is 1. The number of pyridine rings is 1. The van der Waals surface area contributed by atoms with Crippen LogP contribution in [0, 0.1) is 17.4 Å². The van der Waals surface area contributed by atoms with Crippen LogP contribution >= 0.6 is 11.6 Å². The molecule has 0 fully saturated rings. The summed E-state index contributed by atoms with van der Waals surface area (Å²) in [6, 6.07) is 10.4. The fourth-order valence-electron chi connectivity index (χ4n) is 2.60. The van der Waals surface area contributed by atoms with E-state index in [0.29, 0.717) is 22.5 Å². The molecule has 0 bridgehead atoms. The summed E-state index contributed by atoms with van der Waals surface area (Å²) in [5.41, 5.74) is 1.27. The minimum atomic E-state index is -0.229. The van der Waals surface area contributed by atoms with E-state index in [1.807, 2.05) is 18.3 Å². The van der Waals surface area contributed by atoms with Crippen LogP contribution in [0.2, 0.25) is 5.02 Å². The van der Waals surface area contributed by atoms with E-state index in [1.165, 1.54) is 0 Å². The molecule has 28 heavy (non-hydrogen) atoms. The topological polar surface area (TPSA) is 90.2 Å². The Morgan fingerprint density at radius 3 is 2.36 bits per heavy atom. The average molecular weight is 400 g/mol. The van der Waals surface area contributed by atoms with Crippen LogP contribution in [0.4, 0.5) is 5.69 Å². The molecule has 0 unspecified atom stereocenters. The summed E-state index contributed by atoms with van der Waals surface area (Å²) in [6.45, 7) is 8.43. The molecule has 2 rings (SSSR count). The number of anilines is 1. The Morgan fingerprint density at radius 1 is 1.25 bits per heavy atom. The van der Waals surface area contributed by atoms with Gasteiger partial charge in [0.1, 0.15) is 6.29 Å². The second-order valence-electron chi connectivity index (χ2n) is 7.14. The van der Waals surface area contributed by atoms with Crippen molar-refractivity contribution in [2.45, 2.75) is 39.7 Å². The molecular formula is C21H26ClN5O. The van der Waals surface area contributed by atoms with E-state index in [0.717, 1.165) is 18.4 Å². The van der Waals surface area contributed by atoms with E-state index in [-0.39, 0.29) is 5.54 Å². The van der Waals surface area contributed by atoms with Crippen LogP contribution in [0.25, 0.3) is 0 Å². The van der Waals surface area contributed by atoms with E-state index in [2.05, 4.69) is 48.3 Å². The highest BCUT2D eigenvalue weighted by Crippen LogP contribution is 2.20. The van der Waals surface area contributed by atoms with Crippen molar-refractivity contribution in [1.29, 1.82) is 5.26 Å². The Hall–Kier alpha value is -2.91. The van der Waals surface area contributed by atoms with Gasteiger partial charge >= 0.3 is 0 Å². The van der Waals surface area contributed by atoms with Gasteiger partial charge in [-0.25, -0.2) is 4.99 Å². The number of aromatic nitrogens is 1. The molecule has 148 valence electrons. The minimum Gasteiger partial charge on any atom is -0.325 e. The molecule has 0 saturated heterocycles. The first kappa shape index (κ1) is 23.1. The zero-order chi connectivity index (χ0) is 21.0. The van der Waals surface area contributed by atoms with Gasteiger partial charge < -0.3 is 5.32 Å². The van der Waals surface area contributed by atoms with Crippen LogP contribution in [0.5, 0.6) is 0 Å². The first-order valence-electron chi connectivity index (χ1n) is 8.88. The number of benzene rings is 1. The van der Waals surface area contributed by atoms with E-state index in [9.17, 15) is 4.79 Å². The molecular weight excluding hydrogens is 374 g/mol. The predicted octanol–water partition coefficient (Wildman–Crippen LogP) is 4.90. The van der Waals surface area contributed by atoms with E-state index in [4.69, 9.17) is 16.9 Å². The van der Waals surface area contributed by atoms with Crippen LogP contribution in [-0.2, 0) is 0 Å². The highest BCUT2D eigenvalue weighted by atomic mass is 35.5. The number of nitrogens with one attached hydrogen (secondary N) is 2. The fraction of sp³-hybridized carbons (Fsp3) is 0.333. The average Bonchev–Trinajstić information content (AvgIpc) is 2.62. The molecule has 1 heterocycles. The maximum Gasteiger partial charge on any atom is 0.209 e. The number of nitriles is 1. The molecule has 2 N–H and O–H groups in total. The third-order valence-corrected chi connectivity index (χ3v) is 3.70. The summed E-state index contributed by atoms with van der Waals surface area (Å²) in [7, 11) is 0. The molecule has 0 amide bonds. The van der Waals surface area contributed by atoms with Gasteiger partial charge in [-0.05, 0) is 50.5 Å². The molecule has 1 aromatic carbocycles. The molecule has 0 aliphatic carbocycles. The van der Waals surface area contributed by atoms with Crippen LogP contribution < -0.4 is 10.6 Å². The van der Waals surface area contributed by atoms with Crippen molar-refractivity contribution < 1.29 is 4.79 Å². The standard InChI is InChI=1S/C14H21N5.C7H5ClO/c1-11(2)9-14(3,4)19-13(17-10-15)18-12-5-7-16-8-6-12;8-7-3-1-6(5-9)2-4-7/h5-8,11H,9H2,1-4H3,(H2,16,17,18,19);1-5H. The number of hydrogen-bond acceptors (Lipinski definition) is 4. The Balaban J connectivity index is 0.000000362. The third-order valence-electron chi connectivity index (χ3n) is 3.45. The predicted molar refractivity (Wildman–Crippen MR) is 114 cm³/mol. The van der Waals surface area contributed by atoms with Gasteiger partial charge in [0, 0.05) is 28.7 Å². The number of halogens is 1. The lowest BCUT2D eigenvalue weighted by Crippen LogP contribution is -2.32. The molecule has 0 saturated carbocycles. The molecule has 7 heteroatoms. The van der Waals surface area contributed by atoms with E-state index in [1.54, 1.807) is 36.7 Å². The summed E-state index contributed by atoms with van der Waals surface area (Å²) in [4.78, 5) is 18.6. The van der Waals surface area contributed by atoms with Crippen LogP contribution in [0.1, 0.15) is 44.5 Å². The number of nitrogens with zero attached hydrogens (tertiary/aromatic N) is 3. The summed E-state index contributed by atoms with van der Waals surface area (Å²) in [5, 5.41) is 15.1. The summed E-state index contributed by atoms with van der Waals surface area (Å²) in [6.07, 6.45) is 7.01. The normalized spacial score (nSPS) is 11.1. The van der Waals surface area contributed by atoms with Crippen LogP contribution in [0.15, 0.2) is 53.8 Å². The quantitative estimate of drug-likeness (QED) is 0.245. The number of aliphatic imine (C=N–C) groups is 1. The Morgan fingerprint density at radius 2 is 1.86 bits per heavy atom. The van der Waals surface area contributed by atoms with Gasteiger partial charge in [-0.3, -0.25) is 15.1 Å². The van der Waals surface area contributed by atoms with Crippen molar-refractivity contribution in [3.05, 3.63) is 59.4 Å². The van der Waals surface area contributed by atoms with Crippen molar-refractivity contribution in [3.8, 4) is 6.19 Å². The summed E-state index contributed by atoms with van der Waals surface area (Å²) in [5.74, 6) is 1.00. The zero-order valence-electron chi connectivity index (χ0n) is 16.6. The van der Waals surface area contributed by atoms with Gasteiger partial charge in [0.15, 0.2) is 6.19 Å². The largest absolute Gasteiger partial charge is 0.325 e. The fourth-order valence-corrected chi connectivity index (χ4v) is 2.73. The van der Waals surface area contributed by atoms with E-state index >= 15 is 0 Å². The summed E-state index contributed by atoms with van der Waals surface area (Å²) >= 11 is 5.55. The number of guanidine groups is 1. The number of rotatable bonds is 5. The van der Waals surface area contributed by atoms with Gasteiger partial charge in [-0.15, -0.1) is 0 Å². The lowest BCUT2D eigenvalue weighted by molar-refractivity contribution is 0.112. The number of carbonyl (C=O) groups is 1. The van der Waals surface area contributed by atoms with Gasteiger partial charge in [0.25, 0.3) is 0 Å². The second-order valence-corrected chi connectivity index (χ2v) is 7.57. The lowest BCUT2D eigenvalue weighted by Gasteiger charge is -2.23. The van der Waals surface area contributed by atoms with Crippen molar-refractivity contribution in [2.75, 3.05) is 5.32 Å². The SMILES string of the molecule is CC(C)CC(C)(C)N=C(NC#N)Nc1ccncc1.O=Cc1ccc(Cl)cc1. The molecule has 0 spiro atoms. The Bertz CT molecular complexity index is 796. The smallest absolute Gasteiger partial charge is 0.209 e. The third kappa shape index (κ3) is 9.70. The van der Waals surface area contributed by atoms with Gasteiger partial charge in [0.2, 0.25) is 5.96 Å². The molecule has 6 nitrogen and oxygen atoms in total. The van der Waals surface area contributed by atoms with Gasteiger partial charge in [-0.2, -0.15) is 5.26 Å². The minimum absolute atomic E-state index is 0.229. The van der Waals surface area contributed by atoms with Crippen LogP contribution in [0.3, 0.4) is 0 Å². The molecule has 0 atom stereocenters. The van der Waals surface area contributed by atoms with Crippen molar-refractivity contribution in [3.63, 3.8) is 0 Å². The van der Waals surface area contributed by atoms with Crippen LogP contribution in [-0.4, -0.2) is 22.8 Å². The van der Waals surface area contributed by atoms with Gasteiger partial charge in [-0.1, -0.05) is 37.6 Å². The summed E-state index contributed by atoms with van der Waals surface area (Å²) < 4.78 is 0. The molecule has 0 radical (unpaired) electrons. The maximum atomic E-state index is 10.1. The monoisotopic (exact) mass is 399 g/mol. The molecule has 0 aliphatic rings. The Labute approximate surface area is 171 Å². The molecule has 0 aliphatic heterocycles. The second kappa shape index (κ2) is 11.7. The van der Waals surface area contributed by atoms with Gasteiger partial charge in [0.05, 0.1) is 5.54 Å². The first-order valence-corrected chi connectivity index (χ1v) is 9.26. The van der Waals surface area contributed by atoms with E-state index < -0.39 is 0 Å². The highest BCUT2D eigenvalue weighted by Gasteiger charge is 2.19. The number of aldehydes is 1. The van der Waals surface area contributed by atoms with Crippen molar-refractivity contribution in [1.82, 2.24) is 10.3 Å². The van der Waals surface area contributed by atoms with Crippen molar-refractivity contribution in [2.24, 2.45) is 10.9 Å². The molecule has 2 aromatic rings. The zero-order valence-corrected chi connectivity index (χ0v) is 17.4. The Kier molecular flexibility index (Phi) is 9.69. The number of hydrogen-bond donors (Lipinski definition) is 2. The highest BCUT2D eigenvalue weighted by molar-refractivity contribution is 6.30.